The molecule has 1 saturated heterocycles. The maximum atomic E-state index is 15.6. The number of aryl methyl sites for hydroxylation is 1. The Morgan fingerprint density at radius 2 is 2.02 bits per heavy atom. The van der Waals surface area contributed by atoms with Gasteiger partial charge in [-0.15, -0.1) is 0 Å². The van der Waals surface area contributed by atoms with Crippen molar-refractivity contribution >= 4 is 34.1 Å². The van der Waals surface area contributed by atoms with E-state index in [0.717, 1.165) is 49.0 Å². The van der Waals surface area contributed by atoms with E-state index in [2.05, 4.69) is 4.57 Å². The third-order valence-electron chi connectivity index (χ3n) is 8.29. The minimum Gasteiger partial charge on any atom is -0.506 e. The van der Waals surface area contributed by atoms with Crippen LogP contribution in [0.2, 0.25) is 5.02 Å². The molecule has 1 aromatic carbocycles. The molecule has 2 aliphatic rings. The Labute approximate surface area is 241 Å². The zero-order valence-corrected chi connectivity index (χ0v) is 23.4. The maximum absolute atomic E-state index is 15.6. The summed E-state index contributed by atoms with van der Waals surface area (Å²) >= 11 is 6.41. The molecule has 0 unspecified atom stereocenters. The van der Waals surface area contributed by atoms with Gasteiger partial charge < -0.3 is 20.3 Å². The van der Waals surface area contributed by atoms with Crippen molar-refractivity contribution < 1.29 is 14.3 Å². The van der Waals surface area contributed by atoms with E-state index in [1.807, 2.05) is 31.2 Å². The fourth-order valence-corrected chi connectivity index (χ4v) is 6.17. The number of amides is 1. The number of fused-ring (bicyclic) bond motifs is 2. The van der Waals surface area contributed by atoms with Crippen molar-refractivity contribution in [1.82, 2.24) is 24.1 Å². The number of nitrogens with two attached hydrogens (primary N) is 1. The second kappa shape index (κ2) is 9.85. The molecule has 1 aliphatic carbocycles. The zero-order valence-electron chi connectivity index (χ0n) is 22.6. The highest BCUT2D eigenvalue weighted by Gasteiger charge is 2.28. The number of phenolic OH excluding ortho intramolecular Hbond substituents is 1. The molecule has 210 valence electrons. The first-order chi connectivity index (χ1) is 19.8. The summed E-state index contributed by atoms with van der Waals surface area (Å²) in [7, 11) is 0. The number of aromatic nitrogens is 4. The monoisotopic (exact) mass is 572 g/mol. The SMILES string of the molecule is Cc1c(-c2cc3ccc(-c4cccc(O)c4Cl)nc3n2CC2CC2)nn2cc(C(=O)N3CCC[C@@H](N)C3)cc(F)c12. The van der Waals surface area contributed by atoms with Gasteiger partial charge in [0.05, 0.1) is 22.0 Å². The summed E-state index contributed by atoms with van der Waals surface area (Å²) in [4.78, 5) is 19.9. The van der Waals surface area contributed by atoms with Crippen molar-refractivity contribution in [2.75, 3.05) is 13.1 Å². The molecule has 41 heavy (non-hydrogen) atoms. The number of pyridine rings is 2. The van der Waals surface area contributed by atoms with Gasteiger partial charge in [0, 0.05) is 48.4 Å². The lowest BCUT2D eigenvalue weighted by Gasteiger charge is -2.30. The number of piperidine rings is 1. The average Bonchev–Trinajstić information content (AvgIpc) is 3.63. The number of carbonyl (C=O) groups excluding carboxylic acids is 1. The van der Waals surface area contributed by atoms with Crippen molar-refractivity contribution in [2.45, 2.75) is 45.2 Å². The minimum atomic E-state index is -0.489. The van der Waals surface area contributed by atoms with Gasteiger partial charge in [-0.1, -0.05) is 23.7 Å². The molecule has 2 fully saturated rings. The van der Waals surface area contributed by atoms with Gasteiger partial charge in [-0.05, 0) is 68.9 Å². The van der Waals surface area contributed by atoms with Gasteiger partial charge in [0.25, 0.3) is 5.91 Å². The molecule has 1 saturated carbocycles. The van der Waals surface area contributed by atoms with Crippen molar-refractivity contribution in [3.63, 3.8) is 0 Å². The molecule has 5 heterocycles. The van der Waals surface area contributed by atoms with Gasteiger partial charge in [0.15, 0.2) is 0 Å². The number of hydrogen-bond donors (Lipinski definition) is 2. The second-order valence-corrected chi connectivity index (χ2v) is 11.7. The second-order valence-electron chi connectivity index (χ2n) is 11.3. The van der Waals surface area contributed by atoms with Crippen LogP contribution in [0, 0.1) is 18.7 Å². The smallest absolute Gasteiger partial charge is 0.255 e. The van der Waals surface area contributed by atoms with E-state index in [4.69, 9.17) is 27.4 Å². The van der Waals surface area contributed by atoms with Gasteiger partial charge in [0.1, 0.15) is 28.4 Å². The molecular formula is C31H30ClFN6O2. The minimum absolute atomic E-state index is 0.00319. The Bertz CT molecular complexity index is 1840. The Morgan fingerprint density at radius 1 is 1.20 bits per heavy atom. The molecule has 7 rings (SSSR count). The van der Waals surface area contributed by atoms with Crippen LogP contribution in [0.3, 0.4) is 0 Å². The van der Waals surface area contributed by atoms with Crippen LogP contribution in [0.1, 0.15) is 41.6 Å². The van der Waals surface area contributed by atoms with Crippen molar-refractivity contribution in [3.05, 3.63) is 70.6 Å². The molecule has 0 radical (unpaired) electrons. The molecule has 1 amide bonds. The van der Waals surface area contributed by atoms with Gasteiger partial charge in [0.2, 0.25) is 0 Å². The summed E-state index contributed by atoms with van der Waals surface area (Å²) in [5.41, 5.74) is 10.9. The highest BCUT2D eigenvalue weighted by atomic mass is 35.5. The first kappa shape index (κ1) is 26.0. The van der Waals surface area contributed by atoms with Crippen LogP contribution in [0.15, 0.2) is 48.7 Å². The lowest BCUT2D eigenvalue weighted by Crippen LogP contribution is -2.45. The molecule has 8 nitrogen and oxygen atoms in total. The van der Waals surface area contributed by atoms with E-state index in [9.17, 15) is 9.90 Å². The van der Waals surface area contributed by atoms with Crippen LogP contribution in [-0.2, 0) is 6.54 Å². The fraction of sp³-hybridized carbons (Fsp3) is 0.323. The fourth-order valence-electron chi connectivity index (χ4n) is 5.94. The molecular weight excluding hydrogens is 543 g/mol. The summed E-state index contributed by atoms with van der Waals surface area (Å²) in [6.45, 7) is 3.69. The number of nitrogens with zero attached hydrogens (tertiary/aromatic N) is 5. The number of likely N-dealkylation sites (tertiary alicyclic amines) is 1. The molecule has 3 N–H and O–H groups in total. The largest absolute Gasteiger partial charge is 0.506 e. The zero-order chi connectivity index (χ0) is 28.4. The van der Waals surface area contributed by atoms with Crippen molar-refractivity contribution in [3.8, 4) is 28.4 Å². The van der Waals surface area contributed by atoms with E-state index >= 15 is 4.39 Å². The van der Waals surface area contributed by atoms with E-state index in [1.54, 1.807) is 23.2 Å². The number of rotatable bonds is 5. The van der Waals surface area contributed by atoms with Crippen molar-refractivity contribution in [2.24, 2.45) is 11.7 Å². The predicted molar refractivity (Wildman–Crippen MR) is 157 cm³/mol. The van der Waals surface area contributed by atoms with Crippen LogP contribution in [0.25, 0.3) is 39.2 Å². The Hall–Kier alpha value is -3.95. The van der Waals surface area contributed by atoms with Gasteiger partial charge in [-0.2, -0.15) is 5.10 Å². The number of halogens is 2. The highest BCUT2D eigenvalue weighted by Crippen LogP contribution is 2.39. The first-order valence-corrected chi connectivity index (χ1v) is 14.4. The summed E-state index contributed by atoms with van der Waals surface area (Å²) in [5, 5.41) is 16.1. The highest BCUT2D eigenvalue weighted by molar-refractivity contribution is 6.34. The normalized spacial score (nSPS) is 17.6. The number of carbonyl (C=O) groups is 1. The van der Waals surface area contributed by atoms with Crippen LogP contribution < -0.4 is 5.73 Å². The van der Waals surface area contributed by atoms with Crippen LogP contribution >= 0.6 is 11.6 Å². The molecule has 1 aliphatic heterocycles. The quantitative estimate of drug-likeness (QED) is 0.277. The standard InChI is InChI=1S/C31H30ClFN6O2/c1-17-28(36-39-15-20(12-23(33)29(17)39)31(41)37-11-3-4-21(34)16-37)25-13-19-9-10-24(22-5-2-6-26(40)27(22)32)35-30(19)38(25)14-18-7-8-18/h2,5-6,9-10,12-13,15,18,21,40H,3-4,7-8,11,14,16,34H2,1H3/t21-/m1/s1. The van der Waals surface area contributed by atoms with Crippen LogP contribution in [0.4, 0.5) is 4.39 Å². The van der Waals surface area contributed by atoms with E-state index in [0.29, 0.717) is 47.0 Å². The summed E-state index contributed by atoms with van der Waals surface area (Å²) in [6.07, 6.45) is 5.61. The van der Waals surface area contributed by atoms with E-state index in [-0.39, 0.29) is 28.3 Å². The average molecular weight is 573 g/mol. The predicted octanol–water partition coefficient (Wildman–Crippen LogP) is 5.80. The molecule has 0 bridgehead atoms. The van der Waals surface area contributed by atoms with Crippen LogP contribution in [0.5, 0.6) is 5.75 Å². The number of aromatic hydroxyl groups is 1. The summed E-state index contributed by atoms with van der Waals surface area (Å²) in [6, 6.07) is 12.3. The summed E-state index contributed by atoms with van der Waals surface area (Å²) < 4.78 is 19.2. The van der Waals surface area contributed by atoms with Gasteiger partial charge in [-0.3, -0.25) is 4.79 Å². The molecule has 1 atom stereocenters. The number of phenols is 1. The topological polar surface area (TPSA) is 102 Å². The van der Waals surface area contributed by atoms with Gasteiger partial charge >= 0.3 is 0 Å². The molecule has 0 spiro atoms. The van der Waals surface area contributed by atoms with Crippen LogP contribution in [-0.4, -0.2) is 54.2 Å². The molecule has 5 aromatic rings. The maximum Gasteiger partial charge on any atom is 0.255 e. The van der Waals surface area contributed by atoms with Gasteiger partial charge in [-0.25, -0.2) is 13.9 Å². The lowest BCUT2D eigenvalue weighted by atomic mass is 10.1. The Kier molecular flexibility index (Phi) is 6.24. The Balaban J connectivity index is 1.34. The summed E-state index contributed by atoms with van der Waals surface area (Å²) in [5.74, 6) is -0.185. The third-order valence-corrected chi connectivity index (χ3v) is 8.68. The number of hydrogen-bond acceptors (Lipinski definition) is 5. The molecule has 10 heteroatoms. The molecule has 4 aromatic heterocycles. The van der Waals surface area contributed by atoms with Crippen molar-refractivity contribution in [1.29, 1.82) is 0 Å². The first-order valence-electron chi connectivity index (χ1n) is 14.0. The third kappa shape index (κ3) is 4.53. The Morgan fingerprint density at radius 3 is 2.80 bits per heavy atom. The lowest BCUT2D eigenvalue weighted by molar-refractivity contribution is 0.0707. The number of benzene rings is 1. The van der Waals surface area contributed by atoms with E-state index < -0.39 is 5.82 Å². The van der Waals surface area contributed by atoms with E-state index in [1.165, 1.54) is 10.6 Å².